The molecule has 0 unspecified atom stereocenters. The van der Waals surface area contributed by atoms with Crippen molar-refractivity contribution in [3.63, 3.8) is 0 Å². The molecule has 23 heavy (non-hydrogen) atoms. The van der Waals surface area contributed by atoms with Crippen LogP contribution in [0.2, 0.25) is 0 Å². The van der Waals surface area contributed by atoms with E-state index in [0.29, 0.717) is 24.5 Å². The van der Waals surface area contributed by atoms with Gasteiger partial charge < -0.3 is 14.5 Å². The lowest BCUT2D eigenvalue weighted by molar-refractivity contribution is 0.309. The minimum absolute atomic E-state index is 0.0922. The molecule has 3 aromatic rings. The fourth-order valence-corrected chi connectivity index (χ4v) is 2.62. The first-order chi connectivity index (χ1) is 11.2. The van der Waals surface area contributed by atoms with Gasteiger partial charge in [0, 0.05) is 11.5 Å². The van der Waals surface area contributed by atoms with Gasteiger partial charge in [0.1, 0.15) is 24.3 Å². The fraction of sp³-hybridized carbons (Fsp3) is 0.167. The maximum Gasteiger partial charge on any atom is 0.248 e. The van der Waals surface area contributed by atoms with Crippen LogP contribution >= 0.6 is 0 Å². The van der Waals surface area contributed by atoms with E-state index in [4.69, 9.17) is 9.47 Å². The molecule has 0 radical (unpaired) electrons. The van der Waals surface area contributed by atoms with E-state index in [1.807, 2.05) is 12.1 Å². The number of nitrogens with one attached hydrogen (secondary N) is 1. The summed E-state index contributed by atoms with van der Waals surface area (Å²) in [6.45, 7) is 0.996. The molecule has 1 saturated heterocycles. The average molecular weight is 311 g/mol. The van der Waals surface area contributed by atoms with Gasteiger partial charge in [-0.15, -0.1) is 0 Å². The Morgan fingerprint density at radius 1 is 1.13 bits per heavy atom. The van der Waals surface area contributed by atoms with Crippen LogP contribution < -0.4 is 10.3 Å². The summed E-state index contributed by atoms with van der Waals surface area (Å²) in [6, 6.07) is 13.2. The monoisotopic (exact) mass is 311 g/mol. The van der Waals surface area contributed by atoms with Crippen LogP contribution in [0.15, 0.2) is 53.3 Å². The lowest BCUT2D eigenvalue weighted by Crippen LogP contribution is -2.05. The van der Waals surface area contributed by atoms with Crippen molar-refractivity contribution in [3.05, 3.63) is 75.8 Å². The number of ether oxygens (including phenoxy) is 2. The summed E-state index contributed by atoms with van der Waals surface area (Å²) < 4.78 is 24.1. The van der Waals surface area contributed by atoms with Gasteiger partial charge in [-0.1, -0.05) is 18.2 Å². The first-order valence-electron chi connectivity index (χ1n) is 7.35. The molecule has 1 atom stereocenters. The number of hydrogen-bond donors (Lipinski definition) is 1. The molecule has 1 aliphatic heterocycles. The maximum absolute atomic E-state index is 12.9. The van der Waals surface area contributed by atoms with Crippen LogP contribution in [0, 0.1) is 5.82 Å². The van der Waals surface area contributed by atoms with Gasteiger partial charge in [-0.3, -0.25) is 4.79 Å². The first-order valence-corrected chi connectivity index (χ1v) is 7.35. The van der Waals surface area contributed by atoms with Crippen molar-refractivity contribution in [2.24, 2.45) is 0 Å². The van der Waals surface area contributed by atoms with Gasteiger partial charge in [0.15, 0.2) is 0 Å². The second kappa shape index (κ2) is 5.52. The molecule has 1 fully saturated rings. The topological polar surface area (TPSA) is 54.6 Å². The van der Waals surface area contributed by atoms with Crippen molar-refractivity contribution in [3.8, 4) is 5.75 Å². The van der Waals surface area contributed by atoms with E-state index in [-0.39, 0.29) is 17.5 Å². The highest BCUT2D eigenvalue weighted by atomic mass is 19.1. The maximum atomic E-state index is 12.9. The smallest absolute Gasteiger partial charge is 0.248 e. The Kier molecular flexibility index (Phi) is 3.35. The number of halogens is 1. The molecular weight excluding hydrogens is 297 g/mol. The van der Waals surface area contributed by atoms with Crippen molar-refractivity contribution in [2.45, 2.75) is 12.7 Å². The van der Waals surface area contributed by atoms with E-state index in [1.165, 1.54) is 18.2 Å². The van der Waals surface area contributed by atoms with Crippen LogP contribution in [0.4, 0.5) is 4.39 Å². The minimum atomic E-state index is -0.280. The molecule has 5 heteroatoms. The third-order valence-electron chi connectivity index (χ3n) is 3.88. The molecule has 116 valence electrons. The molecule has 0 aliphatic carbocycles. The van der Waals surface area contributed by atoms with Gasteiger partial charge in [-0.25, -0.2) is 4.39 Å². The second-order valence-corrected chi connectivity index (χ2v) is 5.50. The number of epoxide rings is 1. The predicted molar refractivity (Wildman–Crippen MR) is 84.0 cm³/mol. The molecule has 1 N–H and O–H groups in total. The Balaban J connectivity index is 1.69. The highest BCUT2D eigenvalue weighted by Gasteiger charge is 2.27. The van der Waals surface area contributed by atoms with Crippen molar-refractivity contribution < 1.29 is 13.9 Å². The van der Waals surface area contributed by atoms with E-state index in [9.17, 15) is 9.18 Å². The molecule has 1 aromatic heterocycles. The number of hydrogen-bond acceptors (Lipinski definition) is 3. The zero-order valence-corrected chi connectivity index (χ0v) is 12.2. The number of H-pyrrole nitrogens is 1. The molecule has 0 bridgehead atoms. The van der Waals surface area contributed by atoms with Crippen molar-refractivity contribution in [1.82, 2.24) is 4.98 Å². The Labute approximate surface area is 131 Å². The van der Waals surface area contributed by atoms with Crippen LogP contribution in [-0.2, 0) is 11.3 Å². The number of benzene rings is 2. The zero-order valence-electron chi connectivity index (χ0n) is 12.2. The molecular formula is C18H14FNO3. The summed E-state index contributed by atoms with van der Waals surface area (Å²) in [6.07, 6.45) is 0.0922. The van der Waals surface area contributed by atoms with Gasteiger partial charge in [0.25, 0.3) is 0 Å². The third-order valence-corrected chi connectivity index (χ3v) is 3.88. The summed E-state index contributed by atoms with van der Waals surface area (Å²) in [5.41, 5.74) is 2.38. The number of rotatable bonds is 4. The second-order valence-electron chi connectivity index (χ2n) is 5.50. The summed E-state index contributed by atoms with van der Waals surface area (Å²) in [5, 5.41) is 0.920. The quantitative estimate of drug-likeness (QED) is 0.752. The van der Waals surface area contributed by atoms with Gasteiger partial charge in [-0.05, 0) is 35.4 Å². The van der Waals surface area contributed by atoms with Gasteiger partial charge in [0.2, 0.25) is 5.56 Å². The molecule has 0 spiro atoms. The van der Waals surface area contributed by atoms with Gasteiger partial charge in [0.05, 0.1) is 12.1 Å². The molecule has 2 aromatic carbocycles. The number of aromatic amines is 1. The summed E-state index contributed by atoms with van der Waals surface area (Å²) in [4.78, 5) is 14.5. The van der Waals surface area contributed by atoms with E-state index in [0.717, 1.165) is 16.5 Å². The number of fused-ring (bicyclic) bond motifs is 1. The molecule has 1 aliphatic rings. The highest BCUT2D eigenvalue weighted by molar-refractivity contribution is 5.88. The first kappa shape index (κ1) is 14.0. The minimum Gasteiger partial charge on any atom is -0.487 e. The molecule has 0 amide bonds. The fourth-order valence-electron chi connectivity index (χ4n) is 2.62. The Morgan fingerprint density at radius 2 is 1.91 bits per heavy atom. The number of pyridine rings is 1. The number of aromatic nitrogens is 1. The Hall–Kier alpha value is -2.66. The van der Waals surface area contributed by atoms with E-state index in [2.05, 4.69) is 4.98 Å². The van der Waals surface area contributed by atoms with Crippen LogP contribution in [0.5, 0.6) is 5.75 Å². The van der Waals surface area contributed by atoms with Gasteiger partial charge in [-0.2, -0.15) is 0 Å². The third kappa shape index (κ3) is 2.83. The molecule has 4 nitrogen and oxygen atoms in total. The normalized spacial score (nSPS) is 16.5. The van der Waals surface area contributed by atoms with Crippen molar-refractivity contribution in [1.29, 1.82) is 0 Å². The van der Waals surface area contributed by atoms with E-state index >= 15 is 0 Å². The van der Waals surface area contributed by atoms with E-state index in [1.54, 1.807) is 18.2 Å². The van der Waals surface area contributed by atoms with Crippen LogP contribution in [0.1, 0.15) is 17.2 Å². The summed E-state index contributed by atoms with van der Waals surface area (Å²) >= 11 is 0. The van der Waals surface area contributed by atoms with Crippen LogP contribution in [0.3, 0.4) is 0 Å². The van der Waals surface area contributed by atoms with Crippen LogP contribution in [-0.4, -0.2) is 11.6 Å². The zero-order chi connectivity index (χ0) is 15.8. The Morgan fingerprint density at radius 3 is 2.65 bits per heavy atom. The van der Waals surface area contributed by atoms with E-state index < -0.39 is 0 Å². The SMILES string of the molecule is O=c1ccc2c([C@@H]3CO3)ccc(OCc3ccc(F)cc3)c2[nH]1. The highest BCUT2D eigenvalue weighted by Crippen LogP contribution is 2.37. The van der Waals surface area contributed by atoms with Crippen molar-refractivity contribution >= 4 is 10.9 Å². The van der Waals surface area contributed by atoms with Gasteiger partial charge >= 0.3 is 0 Å². The summed E-state index contributed by atoms with van der Waals surface area (Å²) in [5.74, 6) is 0.309. The summed E-state index contributed by atoms with van der Waals surface area (Å²) in [7, 11) is 0. The Bertz CT molecular complexity index is 914. The standard InChI is InChI=1S/C18H14FNO3/c19-12-3-1-11(2-4-12)9-22-15-7-5-13(16-10-23-16)14-6-8-17(21)20-18(14)15/h1-8,16H,9-10H2,(H,20,21)/t16-/m0/s1. The lowest BCUT2D eigenvalue weighted by atomic mass is 10.1. The van der Waals surface area contributed by atoms with Crippen LogP contribution in [0.25, 0.3) is 10.9 Å². The largest absolute Gasteiger partial charge is 0.487 e. The molecule has 4 rings (SSSR count). The average Bonchev–Trinajstić information content (AvgIpc) is 3.39. The molecule has 2 heterocycles. The molecule has 0 saturated carbocycles. The lowest BCUT2D eigenvalue weighted by Gasteiger charge is -2.11. The predicted octanol–water partition coefficient (Wildman–Crippen LogP) is 3.32. The van der Waals surface area contributed by atoms with Crippen molar-refractivity contribution in [2.75, 3.05) is 6.61 Å².